The van der Waals surface area contributed by atoms with Crippen LogP contribution in [0.4, 0.5) is 4.79 Å². The van der Waals surface area contributed by atoms with Crippen LogP contribution in [0.1, 0.15) is 32.9 Å². The maximum atomic E-state index is 12.6. The molecule has 0 atom stereocenters. The highest BCUT2D eigenvalue weighted by molar-refractivity contribution is 5.75. The molecule has 144 valence electrons. The molecule has 2 fully saturated rings. The van der Waals surface area contributed by atoms with Crippen molar-refractivity contribution in [1.29, 1.82) is 0 Å². The van der Waals surface area contributed by atoms with Gasteiger partial charge in [0, 0.05) is 19.6 Å². The minimum absolute atomic E-state index is 0.00727. The van der Waals surface area contributed by atoms with Gasteiger partial charge in [0.25, 0.3) is 0 Å². The molecule has 7 nitrogen and oxygen atoms in total. The van der Waals surface area contributed by atoms with Crippen LogP contribution in [-0.2, 0) is 5.60 Å². The average molecular weight is 362 g/mol. The van der Waals surface area contributed by atoms with Gasteiger partial charge < -0.3 is 24.5 Å². The molecule has 26 heavy (non-hydrogen) atoms. The third-order valence-corrected chi connectivity index (χ3v) is 5.09. The van der Waals surface area contributed by atoms with E-state index in [1.165, 1.54) is 0 Å². The Labute approximate surface area is 155 Å². The molecule has 2 saturated heterocycles. The number of aromatic nitrogens is 1. The number of aliphatic hydroxyl groups is 1. The molecule has 2 amide bonds. The van der Waals surface area contributed by atoms with Gasteiger partial charge in [-0.3, -0.25) is 4.98 Å². The SMILES string of the molecule is CCN1CCCN(C(=O)N2CC(Oc3ccc(C(C)(C)O)nc3)C2)CC1. The van der Waals surface area contributed by atoms with E-state index in [1.807, 2.05) is 15.9 Å². The summed E-state index contributed by atoms with van der Waals surface area (Å²) in [7, 11) is 0. The van der Waals surface area contributed by atoms with Gasteiger partial charge in [0.2, 0.25) is 0 Å². The van der Waals surface area contributed by atoms with Crippen molar-refractivity contribution in [3.8, 4) is 5.75 Å². The van der Waals surface area contributed by atoms with E-state index in [0.29, 0.717) is 24.5 Å². The Morgan fingerprint density at radius 3 is 2.62 bits per heavy atom. The van der Waals surface area contributed by atoms with Crippen molar-refractivity contribution in [2.75, 3.05) is 45.8 Å². The molecule has 0 spiro atoms. The lowest BCUT2D eigenvalue weighted by Gasteiger charge is -2.41. The molecule has 0 radical (unpaired) electrons. The number of carbonyl (C=O) groups is 1. The lowest BCUT2D eigenvalue weighted by molar-refractivity contribution is 0.0307. The molecule has 0 unspecified atom stereocenters. The quantitative estimate of drug-likeness (QED) is 0.879. The summed E-state index contributed by atoms with van der Waals surface area (Å²) in [5.74, 6) is 0.670. The van der Waals surface area contributed by atoms with E-state index in [4.69, 9.17) is 4.74 Å². The number of pyridine rings is 1. The van der Waals surface area contributed by atoms with Gasteiger partial charge in [0.1, 0.15) is 17.5 Å². The van der Waals surface area contributed by atoms with Crippen molar-refractivity contribution in [2.24, 2.45) is 0 Å². The second-order valence-electron chi connectivity index (χ2n) is 7.64. The molecule has 2 aliphatic heterocycles. The highest BCUT2D eigenvalue weighted by Gasteiger charge is 2.35. The summed E-state index contributed by atoms with van der Waals surface area (Å²) in [5, 5.41) is 9.94. The zero-order valence-corrected chi connectivity index (χ0v) is 16.0. The Bertz CT molecular complexity index is 608. The van der Waals surface area contributed by atoms with E-state index in [0.717, 1.165) is 39.1 Å². The second-order valence-corrected chi connectivity index (χ2v) is 7.64. The van der Waals surface area contributed by atoms with Crippen molar-refractivity contribution < 1.29 is 14.6 Å². The van der Waals surface area contributed by atoms with Crippen molar-refractivity contribution in [2.45, 2.75) is 38.9 Å². The highest BCUT2D eigenvalue weighted by atomic mass is 16.5. The predicted octanol–water partition coefficient (Wildman–Crippen LogP) is 1.52. The maximum absolute atomic E-state index is 12.6. The lowest BCUT2D eigenvalue weighted by Crippen LogP contribution is -2.59. The summed E-state index contributed by atoms with van der Waals surface area (Å²) < 4.78 is 5.88. The molecule has 3 heterocycles. The number of likely N-dealkylation sites (tertiary alicyclic amines) is 1. The zero-order chi connectivity index (χ0) is 18.7. The van der Waals surface area contributed by atoms with Crippen molar-refractivity contribution in [1.82, 2.24) is 19.7 Å². The number of hydrogen-bond acceptors (Lipinski definition) is 5. The summed E-state index contributed by atoms with van der Waals surface area (Å²) in [5.41, 5.74) is -0.351. The van der Waals surface area contributed by atoms with Crippen LogP contribution in [0.3, 0.4) is 0 Å². The molecule has 3 rings (SSSR count). The summed E-state index contributed by atoms with van der Waals surface area (Å²) in [6.07, 6.45) is 2.67. The summed E-state index contributed by atoms with van der Waals surface area (Å²) >= 11 is 0. The van der Waals surface area contributed by atoms with Crippen LogP contribution in [0.5, 0.6) is 5.75 Å². The van der Waals surface area contributed by atoms with E-state index < -0.39 is 5.60 Å². The fourth-order valence-electron chi connectivity index (χ4n) is 3.35. The predicted molar refractivity (Wildman–Crippen MR) is 99.2 cm³/mol. The van der Waals surface area contributed by atoms with Crippen molar-refractivity contribution >= 4 is 6.03 Å². The third-order valence-electron chi connectivity index (χ3n) is 5.09. The van der Waals surface area contributed by atoms with Gasteiger partial charge in [-0.15, -0.1) is 0 Å². The summed E-state index contributed by atoms with van der Waals surface area (Å²) in [6.45, 7) is 11.5. The largest absolute Gasteiger partial charge is 0.485 e. The normalized spacial score (nSPS) is 19.8. The van der Waals surface area contributed by atoms with Gasteiger partial charge in [-0.05, 0) is 45.5 Å². The standard InChI is InChI=1S/C19H30N4O3/c1-4-21-8-5-9-22(11-10-21)18(24)23-13-16(14-23)26-15-6-7-17(20-12-15)19(2,3)25/h6-7,12,16,25H,4-5,8-11,13-14H2,1-3H3. The molecule has 2 aliphatic rings. The fourth-order valence-corrected chi connectivity index (χ4v) is 3.35. The smallest absolute Gasteiger partial charge is 0.320 e. The number of hydrogen-bond donors (Lipinski definition) is 1. The van der Waals surface area contributed by atoms with Crippen LogP contribution >= 0.6 is 0 Å². The molecule has 0 bridgehead atoms. The number of amides is 2. The van der Waals surface area contributed by atoms with Gasteiger partial charge in [0.05, 0.1) is 25.0 Å². The summed E-state index contributed by atoms with van der Waals surface area (Å²) in [6, 6.07) is 3.71. The van der Waals surface area contributed by atoms with Crippen LogP contribution in [-0.4, -0.2) is 82.7 Å². The molecular weight excluding hydrogens is 332 g/mol. The first-order valence-electron chi connectivity index (χ1n) is 9.48. The molecule has 0 aromatic carbocycles. The van der Waals surface area contributed by atoms with Crippen molar-refractivity contribution in [3.05, 3.63) is 24.0 Å². The topological polar surface area (TPSA) is 69.1 Å². The Hall–Kier alpha value is -1.86. The molecule has 0 aliphatic carbocycles. The number of rotatable bonds is 4. The average Bonchev–Trinajstić information content (AvgIpc) is 2.82. The van der Waals surface area contributed by atoms with Crippen molar-refractivity contribution in [3.63, 3.8) is 0 Å². The number of urea groups is 1. The first kappa shape index (κ1) is 18.9. The molecule has 7 heteroatoms. The van der Waals surface area contributed by atoms with Crippen LogP contribution in [0.2, 0.25) is 0 Å². The van der Waals surface area contributed by atoms with Crippen LogP contribution in [0, 0.1) is 0 Å². The zero-order valence-electron chi connectivity index (χ0n) is 16.0. The summed E-state index contributed by atoms with van der Waals surface area (Å²) in [4.78, 5) is 23.1. The number of carbonyl (C=O) groups excluding carboxylic acids is 1. The number of likely N-dealkylation sites (N-methyl/N-ethyl adjacent to an activating group) is 1. The van der Waals surface area contributed by atoms with E-state index in [-0.39, 0.29) is 12.1 Å². The van der Waals surface area contributed by atoms with Gasteiger partial charge in [-0.1, -0.05) is 6.92 Å². The van der Waals surface area contributed by atoms with Crippen LogP contribution in [0.25, 0.3) is 0 Å². The fraction of sp³-hybridized carbons (Fsp3) is 0.684. The molecule has 1 aromatic heterocycles. The Balaban J connectivity index is 1.46. The van der Waals surface area contributed by atoms with E-state index in [2.05, 4.69) is 16.8 Å². The van der Waals surface area contributed by atoms with Gasteiger partial charge in [-0.2, -0.15) is 0 Å². The number of nitrogens with zero attached hydrogens (tertiary/aromatic N) is 4. The van der Waals surface area contributed by atoms with E-state index in [1.54, 1.807) is 26.1 Å². The van der Waals surface area contributed by atoms with E-state index in [9.17, 15) is 9.90 Å². The molecule has 1 aromatic rings. The van der Waals surface area contributed by atoms with Gasteiger partial charge in [0.15, 0.2) is 0 Å². The number of ether oxygens (including phenoxy) is 1. The van der Waals surface area contributed by atoms with Gasteiger partial charge >= 0.3 is 6.03 Å². The first-order valence-corrected chi connectivity index (χ1v) is 9.48. The minimum Gasteiger partial charge on any atom is -0.485 e. The third kappa shape index (κ3) is 4.45. The molecule has 0 saturated carbocycles. The molecular formula is C19H30N4O3. The van der Waals surface area contributed by atoms with E-state index >= 15 is 0 Å². The Morgan fingerprint density at radius 2 is 2.00 bits per heavy atom. The van der Waals surface area contributed by atoms with Gasteiger partial charge in [-0.25, -0.2) is 4.79 Å². The van der Waals surface area contributed by atoms with Crippen LogP contribution in [0.15, 0.2) is 18.3 Å². The van der Waals surface area contributed by atoms with Crippen LogP contribution < -0.4 is 4.74 Å². The Kier molecular flexibility index (Phi) is 5.67. The maximum Gasteiger partial charge on any atom is 0.320 e. The first-order chi connectivity index (χ1) is 12.4. The Morgan fingerprint density at radius 1 is 1.23 bits per heavy atom. The highest BCUT2D eigenvalue weighted by Crippen LogP contribution is 2.22. The minimum atomic E-state index is -0.960. The monoisotopic (exact) mass is 362 g/mol. The molecule has 1 N–H and O–H groups in total. The lowest BCUT2D eigenvalue weighted by atomic mass is 10.1. The second kappa shape index (κ2) is 7.80.